The van der Waals surface area contributed by atoms with Gasteiger partial charge in [-0.3, -0.25) is 0 Å². The van der Waals surface area contributed by atoms with Gasteiger partial charge in [0.25, 0.3) is 0 Å². The molecule has 0 bridgehead atoms. The van der Waals surface area contributed by atoms with E-state index in [4.69, 9.17) is 0 Å². The molecule has 0 spiro atoms. The van der Waals surface area contributed by atoms with Gasteiger partial charge in [-0.1, -0.05) is 26.8 Å². The number of hydrogen-bond acceptors (Lipinski definition) is 1. The second-order valence-corrected chi connectivity index (χ2v) is 7.28. The van der Waals surface area contributed by atoms with Crippen LogP contribution in [0.25, 0.3) is 5.69 Å². The lowest BCUT2D eigenvalue weighted by Gasteiger charge is -2.40. The van der Waals surface area contributed by atoms with Gasteiger partial charge < -0.3 is 9.88 Å². The van der Waals surface area contributed by atoms with Crippen LogP contribution < -0.4 is 5.32 Å². The van der Waals surface area contributed by atoms with Gasteiger partial charge in [0.05, 0.1) is 0 Å². The zero-order chi connectivity index (χ0) is 14.9. The van der Waals surface area contributed by atoms with Crippen molar-refractivity contribution in [3.63, 3.8) is 0 Å². The predicted octanol–water partition coefficient (Wildman–Crippen LogP) is 5.10. The highest BCUT2D eigenvalue weighted by Gasteiger charge is 2.32. The van der Waals surface area contributed by atoms with Gasteiger partial charge in [0.1, 0.15) is 0 Å². The van der Waals surface area contributed by atoms with Crippen LogP contribution in [0.1, 0.15) is 40.0 Å². The van der Waals surface area contributed by atoms with Crippen molar-refractivity contribution >= 4 is 5.69 Å². The van der Waals surface area contributed by atoms with E-state index in [2.05, 4.69) is 79.4 Å². The van der Waals surface area contributed by atoms with E-state index in [0.29, 0.717) is 11.5 Å². The fourth-order valence-electron chi connectivity index (χ4n) is 3.64. The van der Waals surface area contributed by atoms with Gasteiger partial charge in [-0.15, -0.1) is 0 Å². The van der Waals surface area contributed by atoms with Gasteiger partial charge >= 0.3 is 0 Å². The SMILES string of the molecule is CC1CC(C)(C)CCC1Nc1cccc(-n2cccc2)c1. The number of nitrogens with zero attached hydrogens (tertiary/aromatic N) is 1. The fraction of sp³-hybridized carbons (Fsp3) is 0.474. The zero-order valence-corrected chi connectivity index (χ0v) is 13.3. The van der Waals surface area contributed by atoms with Crippen molar-refractivity contribution in [1.82, 2.24) is 4.57 Å². The summed E-state index contributed by atoms with van der Waals surface area (Å²) in [6.07, 6.45) is 8.06. The second-order valence-electron chi connectivity index (χ2n) is 7.28. The minimum Gasteiger partial charge on any atom is -0.382 e. The molecule has 2 atom stereocenters. The molecule has 112 valence electrons. The molecule has 0 aliphatic heterocycles. The summed E-state index contributed by atoms with van der Waals surface area (Å²) in [6.45, 7) is 7.17. The largest absolute Gasteiger partial charge is 0.382 e. The fourth-order valence-corrected chi connectivity index (χ4v) is 3.64. The Morgan fingerprint density at radius 3 is 2.62 bits per heavy atom. The second kappa shape index (κ2) is 5.59. The maximum Gasteiger partial charge on any atom is 0.0469 e. The summed E-state index contributed by atoms with van der Waals surface area (Å²) in [5.74, 6) is 0.726. The third-order valence-electron chi connectivity index (χ3n) is 4.79. The third kappa shape index (κ3) is 3.31. The van der Waals surface area contributed by atoms with Crippen molar-refractivity contribution in [2.75, 3.05) is 5.32 Å². The topological polar surface area (TPSA) is 17.0 Å². The molecular formula is C19H26N2. The van der Waals surface area contributed by atoms with Crippen LogP contribution >= 0.6 is 0 Å². The van der Waals surface area contributed by atoms with Crippen LogP contribution in [0.15, 0.2) is 48.8 Å². The van der Waals surface area contributed by atoms with Crippen molar-refractivity contribution in [1.29, 1.82) is 0 Å². The Morgan fingerprint density at radius 2 is 1.90 bits per heavy atom. The molecule has 2 aromatic rings. The van der Waals surface area contributed by atoms with Crippen LogP contribution in [0, 0.1) is 11.3 Å². The van der Waals surface area contributed by atoms with Crippen molar-refractivity contribution in [3.05, 3.63) is 48.8 Å². The lowest BCUT2D eigenvalue weighted by Crippen LogP contribution is -2.36. The molecule has 0 radical (unpaired) electrons. The summed E-state index contributed by atoms with van der Waals surface area (Å²) in [5.41, 5.74) is 2.96. The Labute approximate surface area is 128 Å². The van der Waals surface area contributed by atoms with Gasteiger partial charge in [0.15, 0.2) is 0 Å². The Balaban J connectivity index is 1.72. The molecule has 1 fully saturated rings. The quantitative estimate of drug-likeness (QED) is 0.828. The normalized spacial score (nSPS) is 24.7. The van der Waals surface area contributed by atoms with Gasteiger partial charge in [-0.05, 0) is 60.9 Å². The Bertz CT molecular complexity index is 583. The number of rotatable bonds is 3. The van der Waals surface area contributed by atoms with Crippen molar-refractivity contribution < 1.29 is 0 Å². The highest BCUT2D eigenvalue weighted by atomic mass is 15.0. The van der Waals surface area contributed by atoms with Crippen molar-refractivity contribution in [3.8, 4) is 5.69 Å². The molecule has 1 aliphatic carbocycles. The highest BCUT2D eigenvalue weighted by Crippen LogP contribution is 2.39. The first-order valence-electron chi connectivity index (χ1n) is 8.03. The molecule has 1 aromatic heterocycles. The molecule has 1 aliphatic rings. The molecule has 1 heterocycles. The standard InChI is InChI=1S/C19H26N2/c1-15-14-19(2,3)10-9-18(15)20-16-7-6-8-17(13-16)21-11-4-5-12-21/h4-8,11-13,15,18,20H,9-10,14H2,1-3H3. The van der Waals surface area contributed by atoms with Gasteiger partial charge in [0.2, 0.25) is 0 Å². The van der Waals surface area contributed by atoms with Gasteiger partial charge in [0, 0.05) is 29.8 Å². The van der Waals surface area contributed by atoms with Crippen LogP contribution in [0.3, 0.4) is 0 Å². The highest BCUT2D eigenvalue weighted by molar-refractivity contribution is 5.52. The third-order valence-corrected chi connectivity index (χ3v) is 4.79. The molecule has 3 rings (SSSR count). The van der Waals surface area contributed by atoms with E-state index in [0.717, 1.165) is 5.92 Å². The molecule has 0 saturated heterocycles. The van der Waals surface area contributed by atoms with Crippen LogP contribution in [-0.2, 0) is 0 Å². The predicted molar refractivity (Wildman–Crippen MR) is 90.0 cm³/mol. The molecule has 2 unspecified atom stereocenters. The lowest BCUT2D eigenvalue weighted by molar-refractivity contribution is 0.177. The summed E-state index contributed by atoms with van der Waals surface area (Å²) >= 11 is 0. The minimum absolute atomic E-state index is 0.505. The molecule has 0 amide bonds. The summed E-state index contributed by atoms with van der Waals surface area (Å²) in [4.78, 5) is 0. The van der Waals surface area contributed by atoms with Crippen LogP contribution in [0.5, 0.6) is 0 Å². The number of anilines is 1. The molecule has 2 nitrogen and oxygen atoms in total. The summed E-state index contributed by atoms with van der Waals surface area (Å²) in [6, 6.07) is 13.4. The van der Waals surface area contributed by atoms with E-state index in [-0.39, 0.29) is 0 Å². The first-order valence-corrected chi connectivity index (χ1v) is 8.03. The van der Waals surface area contributed by atoms with Crippen molar-refractivity contribution in [2.45, 2.75) is 46.1 Å². The molecule has 1 N–H and O–H groups in total. The van der Waals surface area contributed by atoms with E-state index in [9.17, 15) is 0 Å². The van der Waals surface area contributed by atoms with Crippen LogP contribution in [-0.4, -0.2) is 10.6 Å². The van der Waals surface area contributed by atoms with E-state index in [1.165, 1.54) is 30.6 Å². The maximum atomic E-state index is 3.76. The summed E-state index contributed by atoms with van der Waals surface area (Å²) in [5, 5.41) is 3.76. The average Bonchev–Trinajstić information content (AvgIpc) is 2.96. The van der Waals surface area contributed by atoms with E-state index in [1.807, 2.05) is 0 Å². The Kier molecular flexibility index (Phi) is 3.79. The molecule has 1 saturated carbocycles. The van der Waals surface area contributed by atoms with Crippen LogP contribution in [0.2, 0.25) is 0 Å². The maximum absolute atomic E-state index is 3.76. The zero-order valence-electron chi connectivity index (χ0n) is 13.3. The molecule has 2 heteroatoms. The number of benzene rings is 1. The minimum atomic E-state index is 0.505. The average molecular weight is 282 g/mol. The van der Waals surface area contributed by atoms with Gasteiger partial charge in [-0.25, -0.2) is 0 Å². The first kappa shape index (κ1) is 14.2. The van der Waals surface area contributed by atoms with Crippen molar-refractivity contribution in [2.24, 2.45) is 11.3 Å². The molecule has 1 aromatic carbocycles. The first-order chi connectivity index (χ1) is 10.0. The number of hydrogen-bond donors (Lipinski definition) is 1. The summed E-state index contributed by atoms with van der Waals surface area (Å²) < 4.78 is 2.15. The van der Waals surface area contributed by atoms with Crippen LogP contribution in [0.4, 0.5) is 5.69 Å². The van der Waals surface area contributed by atoms with E-state index < -0.39 is 0 Å². The van der Waals surface area contributed by atoms with E-state index in [1.54, 1.807) is 0 Å². The monoisotopic (exact) mass is 282 g/mol. The smallest absolute Gasteiger partial charge is 0.0469 e. The molecular weight excluding hydrogens is 256 g/mol. The van der Waals surface area contributed by atoms with Gasteiger partial charge in [-0.2, -0.15) is 0 Å². The lowest BCUT2D eigenvalue weighted by atomic mass is 9.70. The van der Waals surface area contributed by atoms with E-state index >= 15 is 0 Å². The number of aromatic nitrogens is 1. The summed E-state index contributed by atoms with van der Waals surface area (Å²) in [7, 11) is 0. The Morgan fingerprint density at radius 1 is 1.14 bits per heavy atom. The Hall–Kier alpha value is -1.70. The number of nitrogens with one attached hydrogen (secondary N) is 1. The molecule has 21 heavy (non-hydrogen) atoms.